The average Bonchev–Trinajstić information content (AvgIpc) is 2.59. The van der Waals surface area contributed by atoms with E-state index in [1.54, 1.807) is 12.1 Å². The highest BCUT2D eigenvalue weighted by Crippen LogP contribution is 2.36. The molecule has 1 amide bonds. The van der Waals surface area contributed by atoms with Gasteiger partial charge < -0.3 is 20.1 Å². The zero-order valence-electron chi connectivity index (χ0n) is 14.2. The fourth-order valence-electron chi connectivity index (χ4n) is 2.74. The van der Waals surface area contributed by atoms with Crippen LogP contribution in [0.5, 0.6) is 5.75 Å². The molecule has 0 bridgehead atoms. The molecule has 9 heteroatoms. The van der Waals surface area contributed by atoms with Crippen LogP contribution in [-0.4, -0.2) is 12.7 Å². The zero-order valence-corrected chi connectivity index (χ0v) is 15.0. The highest BCUT2D eigenvalue weighted by molar-refractivity contribution is 6.30. The third kappa shape index (κ3) is 4.64. The number of anilines is 2. The van der Waals surface area contributed by atoms with Crippen molar-refractivity contribution in [2.24, 2.45) is 0 Å². The molecule has 144 valence electrons. The molecular weight excluding hydrogens is 385 g/mol. The van der Waals surface area contributed by atoms with Crippen molar-refractivity contribution >= 4 is 28.9 Å². The standard InChI is InChI=1S/C18H16ClF3N2O3/c1-10(25)24-15-3-2-13(18(20,21)22)6-16(15)23-7-11-4-14(19)5-12-8-26-9-27-17(11)12/h2-6,23H,7-9H2,1H3,(H,24,25). The van der Waals surface area contributed by atoms with Crippen molar-refractivity contribution in [1.82, 2.24) is 0 Å². The summed E-state index contributed by atoms with van der Waals surface area (Å²) < 4.78 is 49.8. The number of carbonyl (C=O) groups excluding carboxylic acids is 1. The summed E-state index contributed by atoms with van der Waals surface area (Å²) in [7, 11) is 0. The van der Waals surface area contributed by atoms with Gasteiger partial charge in [-0.1, -0.05) is 11.6 Å². The second-order valence-corrected chi connectivity index (χ2v) is 6.39. The maximum absolute atomic E-state index is 13.0. The number of rotatable bonds is 4. The normalized spacial score (nSPS) is 13.5. The third-order valence-corrected chi connectivity index (χ3v) is 4.10. The van der Waals surface area contributed by atoms with E-state index in [-0.39, 0.29) is 24.7 Å². The lowest BCUT2D eigenvalue weighted by Crippen LogP contribution is -2.15. The van der Waals surface area contributed by atoms with Gasteiger partial charge in [0.15, 0.2) is 6.79 Å². The van der Waals surface area contributed by atoms with E-state index in [0.717, 1.165) is 17.7 Å². The molecular formula is C18H16ClF3N2O3. The van der Waals surface area contributed by atoms with Gasteiger partial charge in [0.1, 0.15) is 5.75 Å². The first-order valence-electron chi connectivity index (χ1n) is 7.98. The number of hydrogen-bond acceptors (Lipinski definition) is 4. The van der Waals surface area contributed by atoms with Gasteiger partial charge in [-0.2, -0.15) is 13.2 Å². The van der Waals surface area contributed by atoms with Crippen LogP contribution < -0.4 is 15.4 Å². The first kappa shape index (κ1) is 19.3. The third-order valence-electron chi connectivity index (χ3n) is 3.88. The van der Waals surface area contributed by atoms with Gasteiger partial charge in [-0.3, -0.25) is 4.79 Å². The van der Waals surface area contributed by atoms with Crippen molar-refractivity contribution in [2.45, 2.75) is 26.3 Å². The molecule has 0 radical (unpaired) electrons. The Kier molecular flexibility index (Phi) is 5.48. The van der Waals surface area contributed by atoms with Crippen LogP contribution in [0.15, 0.2) is 30.3 Å². The Labute approximate surface area is 158 Å². The maximum atomic E-state index is 13.0. The largest absolute Gasteiger partial charge is 0.467 e. The van der Waals surface area contributed by atoms with Crippen molar-refractivity contribution in [2.75, 3.05) is 17.4 Å². The summed E-state index contributed by atoms with van der Waals surface area (Å²) in [5.41, 5.74) is 0.997. The van der Waals surface area contributed by atoms with E-state index < -0.39 is 17.6 Å². The minimum atomic E-state index is -4.50. The molecule has 27 heavy (non-hydrogen) atoms. The van der Waals surface area contributed by atoms with Gasteiger partial charge in [-0.25, -0.2) is 0 Å². The van der Waals surface area contributed by atoms with Gasteiger partial charge in [0.2, 0.25) is 5.91 Å². The van der Waals surface area contributed by atoms with Gasteiger partial charge >= 0.3 is 6.18 Å². The monoisotopic (exact) mass is 400 g/mol. The molecule has 0 saturated heterocycles. The summed E-state index contributed by atoms with van der Waals surface area (Å²) in [5, 5.41) is 5.91. The first-order chi connectivity index (χ1) is 12.7. The Bertz CT molecular complexity index is 872. The SMILES string of the molecule is CC(=O)Nc1ccc(C(F)(F)F)cc1NCc1cc(Cl)cc2c1OCOC2. The number of fused-ring (bicyclic) bond motifs is 1. The topological polar surface area (TPSA) is 59.6 Å². The lowest BCUT2D eigenvalue weighted by Gasteiger charge is -2.22. The van der Waals surface area contributed by atoms with Crippen molar-refractivity contribution in [3.63, 3.8) is 0 Å². The minimum absolute atomic E-state index is 0.0856. The van der Waals surface area contributed by atoms with Crippen molar-refractivity contribution in [3.05, 3.63) is 52.0 Å². The molecule has 0 saturated carbocycles. The maximum Gasteiger partial charge on any atom is 0.416 e. The number of carbonyl (C=O) groups is 1. The highest BCUT2D eigenvalue weighted by atomic mass is 35.5. The predicted octanol–water partition coefficient (Wildman–Crippen LogP) is 4.80. The Morgan fingerprint density at radius 2 is 2.00 bits per heavy atom. The van der Waals surface area contributed by atoms with Crippen molar-refractivity contribution in [1.29, 1.82) is 0 Å². The number of amides is 1. The van der Waals surface area contributed by atoms with Gasteiger partial charge in [0.05, 0.1) is 23.5 Å². The number of nitrogens with one attached hydrogen (secondary N) is 2. The summed E-state index contributed by atoms with van der Waals surface area (Å²) in [6.07, 6.45) is -4.50. The molecule has 1 heterocycles. The molecule has 0 unspecified atom stereocenters. The molecule has 2 N–H and O–H groups in total. The summed E-state index contributed by atoms with van der Waals surface area (Å²) >= 11 is 6.10. The summed E-state index contributed by atoms with van der Waals surface area (Å²) in [6.45, 7) is 1.85. The van der Waals surface area contributed by atoms with Gasteiger partial charge in [-0.15, -0.1) is 0 Å². The zero-order chi connectivity index (χ0) is 19.6. The van der Waals surface area contributed by atoms with Crippen LogP contribution >= 0.6 is 11.6 Å². The Morgan fingerprint density at radius 3 is 2.70 bits per heavy atom. The Hall–Kier alpha value is -2.45. The van der Waals surface area contributed by atoms with E-state index in [1.807, 2.05) is 0 Å². The molecule has 0 atom stereocenters. The smallest absolute Gasteiger partial charge is 0.416 e. The van der Waals surface area contributed by atoms with Crippen LogP contribution in [0.4, 0.5) is 24.5 Å². The highest BCUT2D eigenvalue weighted by Gasteiger charge is 2.31. The molecule has 0 aromatic heterocycles. The van der Waals surface area contributed by atoms with E-state index in [4.69, 9.17) is 21.1 Å². The van der Waals surface area contributed by atoms with Crippen LogP contribution in [0, 0.1) is 0 Å². The van der Waals surface area contributed by atoms with Crippen molar-refractivity contribution in [3.8, 4) is 5.75 Å². The summed E-state index contributed by atoms with van der Waals surface area (Å²) in [4.78, 5) is 11.3. The number of ether oxygens (including phenoxy) is 2. The summed E-state index contributed by atoms with van der Waals surface area (Å²) in [6, 6.07) is 6.46. The molecule has 0 fully saturated rings. The van der Waals surface area contributed by atoms with Gasteiger partial charge in [0.25, 0.3) is 0 Å². The van der Waals surface area contributed by atoms with Crippen LogP contribution in [0.3, 0.4) is 0 Å². The molecule has 2 aromatic rings. The van der Waals surface area contributed by atoms with Gasteiger partial charge in [-0.05, 0) is 30.3 Å². The van der Waals surface area contributed by atoms with Crippen LogP contribution in [0.1, 0.15) is 23.6 Å². The lowest BCUT2D eigenvalue weighted by atomic mass is 10.1. The average molecular weight is 401 g/mol. The van der Waals surface area contributed by atoms with E-state index in [2.05, 4.69) is 10.6 Å². The second kappa shape index (κ2) is 7.66. The molecule has 0 aliphatic carbocycles. The first-order valence-corrected chi connectivity index (χ1v) is 8.36. The van der Waals surface area contributed by atoms with Crippen LogP contribution in [0.25, 0.3) is 0 Å². The lowest BCUT2D eigenvalue weighted by molar-refractivity contribution is -0.137. The van der Waals surface area contributed by atoms with Crippen molar-refractivity contribution < 1.29 is 27.4 Å². The Balaban J connectivity index is 1.91. The molecule has 2 aromatic carbocycles. The molecule has 3 rings (SSSR count). The number of benzene rings is 2. The fourth-order valence-corrected chi connectivity index (χ4v) is 3.01. The molecule has 0 spiro atoms. The number of hydrogen-bond donors (Lipinski definition) is 2. The van der Waals surface area contributed by atoms with Crippen LogP contribution in [0.2, 0.25) is 5.02 Å². The molecule has 5 nitrogen and oxygen atoms in total. The van der Waals surface area contributed by atoms with E-state index >= 15 is 0 Å². The molecule has 1 aliphatic rings. The van der Waals surface area contributed by atoms with E-state index in [0.29, 0.717) is 22.9 Å². The number of halogens is 4. The fraction of sp³-hybridized carbons (Fsp3) is 0.278. The predicted molar refractivity (Wildman–Crippen MR) is 94.8 cm³/mol. The number of alkyl halides is 3. The summed E-state index contributed by atoms with van der Waals surface area (Å²) in [5.74, 6) is 0.199. The minimum Gasteiger partial charge on any atom is -0.467 e. The quantitative estimate of drug-likeness (QED) is 0.774. The Morgan fingerprint density at radius 1 is 1.22 bits per heavy atom. The van der Waals surface area contributed by atoms with E-state index in [1.165, 1.54) is 13.0 Å². The second-order valence-electron chi connectivity index (χ2n) is 5.96. The van der Waals surface area contributed by atoms with Crippen LogP contribution in [-0.2, 0) is 28.9 Å². The van der Waals surface area contributed by atoms with Gasteiger partial charge in [0, 0.05) is 29.6 Å². The molecule has 1 aliphatic heterocycles. The van der Waals surface area contributed by atoms with E-state index in [9.17, 15) is 18.0 Å².